The summed E-state index contributed by atoms with van der Waals surface area (Å²) in [5.74, 6) is -0.437. The second-order valence-corrected chi connectivity index (χ2v) is 7.95. The first-order chi connectivity index (χ1) is 10.4. The second-order valence-electron chi connectivity index (χ2n) is 6.01. The average molecular weight is 325 g/mol. The molecule has 2 heterocycles. The molecule has 0 amide bonds. The molecule has 0 radical (unpaired) electrons. The lowest BCUT2D eigenvalue weighted by Crippen LogP contribution is -2.48. The molecule has 0 aliphatic carbocycles. The van der Waals surface area contributed by atoms with Crippen LogP contribution in [0.5, 0.6) is 0 Å². The molecule has 0 bridgehead atoms. The Kier molecular flexibility index (Phi) is 4.09. The summed E-state index contributed by atoms with van der Waals surface area (Å²) in [6, 6.07) is 4.98. The normalized spacial score (nSPS) is 22.5. The van der Waals surface area contributed by atoms with Crippen LogP contribution >= 0.6 is 0 Å². The SMILES string of the molecule is CC1=CC2(CCN(S(=O)(=O)c3ccc(F)cc3)CC2)OCC1. The van der Waals surface area contributed by atoms with Gasteiger partial charge >= 0.3 is 0 Å². The van der Waals surface area contributed by atoms with Crippen LogP contribution in [0.1, 0.15) is 26.2 Å². The van der Waals surface area contributed by atoms with Gasteiger partial charge in [-0.2, -0.15) is 4.31 Å². The van der Waals surface area contributed by atoms with Crippen molar-refractivity contribution in [1.82, 2.24) is 4.31 Å². The van der Waals surface area contributed by atoms with E-state index in [1.54, 1.807) is 0 Å². The Labute approximate surface area is 130 Å². The Hall–Kier alpha value is -1.24. The van der Waals surface area contributed by atoms with Gasteiger partial charge in [0.1, 0.15) is 5.82 Å². The fraction of sp³-hybridized carbons (Fsp3) is 0.500. The van der Waals surface area contributed by atoms with Crippen LogP contribution in [0.4, 0.5) is 4.39 Å². The van der Waals surface area contributed by atoms with Crippen molar-refractivity contribution in [1.29, 1.82) is 0 Å². The topological polar surface area (TPSA) is 46.6 Å². The van der Waals surface area contributed by atoms with Crippen LogP contribution in [-0.4, -0.2) is 38.0 Å². The summed E-state index contributed by atoms with van der Waals surface area (Å²) in [5, 5.41) is 0. The molecule has 1 aromatic rings. The number of sulfonamides is 1. The van der Waals surface area contributed by atoms with E-state index >= 15 is 0 Å². The number of benzene rings is 1. The first-order valence-electron chi connectivity index (χ1n) is 7.49. The van der Waals surface area contributed by atoms with Gasteiger partial charge in [-0.1, -0.05) is 11.6 Å². The Bertz CT molecular complexity index is 674. The van der Waals surface area contributed by atoms with E-state index in [1.807, 2.05) is 0 Å². The number of ether oxygens (including phenoxy) is 1. The lowest BCUT2D eigenvalue weighted by molar-refractivity contribution is -0.0462. The van der Waals surface area contributed by atoms with Gasteiger partial charge in [-0.15, -0.1) is 0 Å². The number of piperidine rings is 1. The molecule has 120 valence electrons. The predicted octanol–water partition coefficient (Wildman–Crippen LogP) is 2.72. The number of halogens is 1. The van der Waals surface area contributed by atoms with Gasteiger partial charge in [0.2, 0.25) is 10.0 Å². The van der Waals surface area contributed by atoms with Gasteiger partial charge < -0.3 is 4.74 Å². The van der Waals surface area contributed by atoms with Crippen molar-refractivity contribution in [3.05, 3.63) is 41.7 Å². The molecule has 2 aliphatic rings. The predicted molar refractivity (Wildman–Crippen MR) is 81.4 cm³/mol. The van der Waals surface area contributed by atoms with E-state index in [0.717, 1.165) is 6.42 Å². The van der Waals surface area contributed by atoms with E-state index < -0.39 is 15.8 Å². The van der Waals surface area contributed by atoms with Crippen LogP contribution in [0.15, 0.2) is 40.8 Å². The summed E-state index contributed by atoms with van der Waals surface area (Å²) < 4.78 is 45.5. The quantitative estimate of drug-likeness (QED) is 0.786. The molecule has 3 rings (SSSR count). The summed E-state index contributed by atoms with van der Waals surface area (Å²) >= 11 is 0. The highest BCUT2D eigenvalue weighted by molar-refractivity contribution is 7.89. The Morgan fingerprint density at radius 2 is 1.82 bits per heavy atom. The van der Waals surface area contributed by atoms with Crippen molar-refractivity contribution in [3.8, 4) is 0 Å². The zero-order chi connectivity index (χ0) is 15.8. The fourth-order valence-electron chi connectivity index (χ4n) is 3.13. The van der Waals surface area contributed by atoms with Crippen LogP contribution in [0.3, 0.4) is 0 Å². The number of nitrogens with zero attached hydrogens (tertiary/aromatic N) is 1. The van der Waals surface area contributed by atoms with Gasteiger partial charge in [0, 0.05) is 13.1 Å². The van der Waals surface area contributed by atoms with Crippen molar-refractivity contribution in [2.75, 3.05) is 19.7 Å². The summed E-state index contributed by atoms with van der Waals surface area (Å²) in [6.45, 7) is 3.63. The minimum atomic E-state index is -3.56. The molecule has 0 saturated carbocycles. The highest BCUT2D eigenvalue weighted by Gasteiger charge is 2.39. The lowest BCUT2D eigenvalue weighted by atomic mass is 9.88. The zero-order valence-electron chi connectivity index (χ0n) is 12.6. The molecule has 1 aromatic carbocycles. The third-order valence-corrected chi connectivity index (χ3v) is 6.33. The molecule has 2 aliphatic heterocycles. The van der Waals surface area contributed by atoms with Crippen LogP contribution in [0.2, 0.25) is 0 Å². The van der Waals surface area contributed by atoms with Crippen molar-refractivity contribution in [2.45, 2.75) is 36.7 Å². The van der Waals surface area contributed by atoms with Gasteiger partial charge in [0.05, 0.1) is 17.1 Å². The van der Waals surface area contributed by atoms with Crippen LogP contribution in [0, 0.1) is 5.82 Å². The standard InChI is InChI=1S/C16H20FNO3S/c1-13-6-11-21-16(12-13)7-9-18(10-8-16)22(19,20)15-4-2-14(17)3-5-15/h2-5,12H,6-11H2,1H3. The number of hydrogen-bond acceptors (Lipinski definition) is 3. The molecule has 0 N–H and O–H groups in total. The molecule has 22 heavy (non-hydrogen) atoms. The molecule has 1 saturated heterocycles. The van der Waals surface area contributed by atoms with Crippen molar-refractivity contribution in [2.24, 2.45) is 0 Å². The van der Waals surface area contributed by atoms with Crippen LogP contribution in [-0.2, 0) is 14.8 Å². The minimum absolute atomic E-state index is 0.140. The minimum Gasteiger partial charge on any atom is -0.370 e. The second kappa shape index (κ2) is 5.76. The zero-order valence-corrected chi connectivity index (χ0v) is 13.4. The van der Waals surface area contributed by atoms with E-state index in [2.05, 4.69) is 13.0 Å². The maximum Gasteiger partial charge on any atom is 0.243 e. The monoisotopic (exact) mass is 325 g/mol. The van der Waals surface area contributed by atoms with E-state index in [0.29, 0.717) is 32.5 Å². The highest BCUT2D eigenvalue weighted by atomic mass is 32.2. The van der Waals surface area contributed by atoms with Gasteiger partial charge in [0.15, 0.2) is 0 Å². The highest BCUT2D eigenvalue weighted by Crippen LogP contribution is 2.34. The Morgan fingerprint density at radius 1 is 1.18 bits per heavy atom. The molecule has 0 atom stereocenters. The number of rotatable bonds is 2. The maximum atomic E-state index is 13.0. The third kappa shape index (κ3) is 2.95. The summed E-state index contributed by atoms with van der Waals surface area (Å²) in [7, 11) is -3.56. The molecule has 4 nitrogen and oxygen atoms in total. The van der Waals surface area contributed by atoms with Gasteiger partial charge in [0.25, 0.3) is 0 Å². The first kappa shape index (κ1) is 15.6. The van der Waals surface area contributed by atoms with Gasteiger partial charge in [-0.25, -0.2) is 12.8 Å². The van der Waals surface area contributed by atoms with Crippen molar-refractivity contribution in [3.63, 3.8) is 0 Å². The summed E-state index contributed by atoms with van der Waals surface area (Å²) in [5.41, 5.74) is 0.998. The van der Waals surface area contributed by atoms with Crippen molar-refractivity contribution >= 4 is 10.0 Å². The van der Waals surface area contributed by atoms with E-state index in [9.17, 15) is 12.8 Å². The van der Waals surface area contributed by atoms with Crippen molar-refractivity contribution < 1.29 is 17.5 Å². The van der Waals surface area contributed by atoms with Crippen LogP contribution in [0.25, 0.3) is 0 Å². The molecule has 6 heteroatoms. The largest absolute Gasteiger partial charge is 0.370 e. The molecular weight excluding hydrogens is 305 g/mol. The molecule has 0 unspecified atom stereocenters. The first-order valence-corrected chi connectivity index (χ1v) is 8.93. The average Bonchev–Trinajstić information content (AvgIpc) is 2.48. The fourth-order valence-corrected chi connectivity index (χ4v) is 4.57. The Balaban J connectivity index is 1.76. The van der Waals surface area contributed by atoms with E-state index in [1.165, 1.54) is 34.1 Å². The van der Waals surface area contributed by atoms with Gasteiger partial charge in [-0.05, 0) is 50.5 Å². The third-order valence-electron chi connectivity index (χ3n) is 4.42. The summed E-state index contributed by atoms with van der Waals surface area (Å²) in [4.78, 5) is 0.140. The lowest BCUT2D eigenvalue weighted by Gasteiger charge is -2.41. The van der Waals surface area contributed by atoms with E-state index in [4.69, 9.17) is 4.74 Å². The molecule has 0 aromatic heterocycles. The molecule has 1 fully saturated rings. The van der Waals surface area contributed by atoms with E-state index in [-0.39, 0.29) is 10.5 Å². The summed E-state index contributed by atoms with van der Waals surface area (Å²) in [6.07, 6.45) is 4.41. The molecule has 1 spiro atoms. The smallest absolute Gasteiger partial charge is 0.243 e. The Morgan fingerprint density at radius 3 is 2.41 bits per heavy atom. The number of hydrogen-bond donors (Lipinski definition) is 0. The van der Waals surface area contributed by atoms with Crippen LogP contribution < -0.4 is 0 Å². The maximum absolute atomic E-state index is 13.0. The molecular formula is C16H20FNO3S. The van der Waals surface area contributed by atoms with Gasteiger partial charge in [-0.3, -0.25) is 0 Å².